The normalized spacial score (nSPS) is 54.0. The summed E-state index contributed by atoms with van der Waals surface area (Å²) in [5.41, 5.74) is 1.75. The molecule has 1 fully saturated rings. The lowest BCUT2D eigenvalue weighted by Crippen LogP contribution is -1.97. The molecule has 0 aromatic rings. The molecule has 0 radical (unpaired) electrons. The van der Waals surface area contributed by atoms with Crippen LogP contribution in [-0.4, -0.2) is 0 Å². The van der Waals surface area contributed by atoms with Crippen LogP contribution in [0, 0.1) is 17.8 Å². The highest BCUT2D eigenvalue weighted by molar-refractivity contribution is 5.45. The Morgan fingerprint density at radius 3 is 2.62 bits per heavy atom. The van der Waals surface area contributed by atoms with E-state index in [1.54, 1.807) is 5.57 Å². The maximum Gasteiger partial charge on any atom is 0.00463 e. The molecule has 0 heterocycles. The van der Waals surface area contributed by atoms with Crippen LogP contribution >= 0.6 is 0 Å². The highest BCUT2D eigenvalue weighted by atomic mass is 14.5. The number of rotatable bonds is 0. The second-order valence-corrected chi connectivity index (χ2v) is 3.08. The van der Waals surface area contributed by atoms with Gasteiger partial charge in [0.25, 0.3) is 0 Å². The van der Waals surface area contributed by atoms with Gasteiger partial charge in [-0.2, -0.15) is 0 Å². The Kier molecular flexibility index (Phi) is 0.355. The molecule has 0 saturated heterocycles. The second kappa shape index (κ2) is 0.812. The zero-order chi connectivity index (χ0) is 5.14. The maximum absolute atomic E-state index is 2.45. The summed E-state index contributed by atoms with van der Waals surface area (Å²) in [4.78, 5) is 0. The van der Waals surface area contributed by atoms with Crippen molar-refractivity contribution in [2.24, 2.45) is 17.8 Å². The van der Waals surface area contributed by atoms with Gasteiger partial charge < -0.3 is 0 Å². The molecule has 0 nitrogen and oxygen atoms in total. The quantitative estimate of drug-likeness (QED) is 0.411. The van der Waals surface area contributed by atoms with Crippen LogP contribution < -0.4 is 0 Å². The molecule has 40 valence electrons. The van der Waals surface area contributed by atoms with Crippen molar-refractivity contribution in [3.63, 3.8) is 0 Å². The van der Waals surface area contributed by atoms with E-state index in [1.807, 2.05) is 0 Å². The summed E-state index contributed by atoms with van der Waals surface area (Å²) in [6.07, 6.45) is 8.64. The van der Waals surface area contributed by atoms with Crippen LogP contribution in [0.25, 0.3) is 0 Å². The molecular formula is C8H8. The number of hydrogen-bond donors (Lipinski definition) is 0. The van der Waals surface area contributed by atoms with E-state index < -0.39 is 0 Å². The number of hydrogen-bond acceptors (Lipinski definition) is 0. The van der Waals surface area contributed by atoms with Crippen LogP contribution in [0.4, 0.5) is 0 Å². The van der Waals surface area contributed by atoms with Crippen molar-refractivity contribution in [3.8, 4) is 0 Å². The predicted molar refractivity (Wildman–Crippen MR) is 32.3 cm³/mol. The fourth-order valence-corrected chi connectivity index (χ4v) is 2.13. The van der Waals surface area contributed by atoms with E-state index >= 15 is 0 Å². The van der Waals surface area contributed by atoms with E-state index in [0.29, 0.717) is 0 Å². The van der Waals surface area contributed by atoms with Gasteiger partial charge in [-0.3, -0.25) is 0 Å². The summed E-state index contributed by atoms with van der Waals surface area (Å²) >= 11 is 0. The molecule has 4 aliphatic rings. The van der Waals surface area contributed by atoms with Crippen molar-refractivity contribution in [1.82, 2.24) is 0 Å². The van der Waals surface area contributed by atoms with E-state index in [-0.39, 0.29) is 0 Å². The molecule has 8 heavy (non-hydrogen) atoms. The minimum Gasteiger partial charge on any atom is -0.0810 e. The Hall–Kier alpha value is -0.520. The van der Waals surface area contributed by atoms with E-state index in [4.69, 9.17) is 0 Å². The molecule has 0 amide bonds. The highest BCUT2D eigenvalue weighted by Crippen LogP contribution is 2.59. The second-order valence-electron chi connectivity index (χ2n) is 3.08. The van der Waals surface area contributed by atoms with Gasteiger partial charge in [0.2, 0.25) is 0 Å². The van der Waals surface area contributed by atoms with Crippen LogP contribution in [0.3, 0.4) is 0 Å². The van der Waals surface area contributed by atoms with E-state index in [9.17, 15) is 0 Å². The first-order valence-corrected chi connectivity index (χ1v) is 3.35. The van der Waals surface area contributed by atoms with Gasteiger partial charge in [-0.15, -0.1) is 0 Å². The standard InChI is InChI=1S/C8H8/c1-2-6-7-3-5(1)4-8(6)7/h1-3,5-6,8H,4H2/t5-,6?,8+/m0/s1. The minimum atomic E-state index is 0.847. The molecular weight excluding hydrogens is 96.1 g/mol. The molecule has 4 rings (SSSR count). The fourth-order valence-electron chi connectivity index (χ4n) is 2.13. The van der Waals surface area contributed by atoms with Crippen molar-refractivity contribution >= 4 is 0 Å². The monoisotopic (exact) mass is 104 g/mol. The van der Waals surface area contributed by atoms with E-state index in [2.05, 4.69) is 18.2 Å². The van der Waals surface area contributed by atoms with Crippen LogP contribution in [-0.2, 0) is 0 Å². The minimum absolute atomic E-state index is 0.847. The fraction of sp³-hybridized carbons (Fsp3) is 0.500. The summed E-state index contributed by atoms with van der Waals surface area (Å²) in [7, 11) is 0. The van der Waals surface area contributed by atoms with Crippen molar-refractivity contribution < 1.29 is 0 Å². The third kappa shape index (κ3) is 0.218. The Morgan fingerprint density at radius 2 is 2.38 bits per heavy atom. The van der Waals surface area contributed by atoms with Crippen molar-refractivity contribution in [2.75, 3.05) is 0 Å². The third-order valence-electron chi connectivity index (χ3n) is 2.64. The molecule has 4 bridgehead atoms. The van der Waals surface area contributed by atoms with Gasteiger partial charge in [0.15, 0.2) is 0 Å². The molecule has 0 aromatic heterocycles. The van der Waals surface area contributed by atoms with Gasteiger partial charge in [0.05, 0.1) is 0 Å². The first kappa shape index (κ1) is 3.49. The van der Waals surface area contributed by atoms with Gasteiger partial charge in [-0.05, 0) is 18.3 Å². The zero-order valence-electron chi connectivity index (χ0n) is 4.67. The lowest BCUT2D eigenvalue weighted by Gasteiger charge is -2.08. The molecule has 0 aromatic carbocycles. The average Bonchev–Trinajstić information content (AvgIpc) is 2.38. The summed E-state index contributed by atoms with van der Waals surface area (Å²) in [6.45, 7) is 0. The Bertz CT molecular complexity index is 194. The summed E-state index contributed by atoms with van der Waals surface area (Å²) in [6, 6.07) is 0. The summed E-state index contributed by atoms with van der Waals surface area (Å²) < 4.78 is 0. The Balaban J connectivity index is 2.25. The third-order valence-corrected chi connectivity index (χ3v) is 2.64. The van der Waals surface area contributed by atoms with Crippen molar-refractivity contribution in [3.05, 3.63) is 23.8 Å². The van der Waals surface area contributed by atoms with Crippen LogP contribution in [0.1, 0.15) is 6.42 Å². The van der Waals surface area contributed by atoms with Crippen LogP contribution in [0.5, 0.6) is 0 Å². The highest BCUT2D eigenvalue weighted by Gasteiger charge is 2.49. The van der Waals surface area contributed by atoms with Crippen LogP contribution in [0.15, 0.2) is 23.8 Å². The maximum atomic E-state index is 2.45. The molecule has 0 N–H and O–H groups in total. The first-order chi connectivity index (χ1) is 3.95. The Morgan fingerprint density at radius 1 is 1.38 bits per heavy atom. The lowest BCUT2D eigenvalue weighted by atomic mass is 9.97. The van der Waals surface area contributed by atoms with Gasteiger partial charge in [-0.1, -0.05) is 23.8 Å². The molecule has 0 heteroatoms. The SMILES string of the molecule is C1=C[C@H]2C=C3C1[C@H]3C2. The molecule has 0 spiro atoms. The summed E-state index contributed by atoms with van der Waals surface area (Å²) in [5, 5.41) is 0. The molecule has 3 atom stereocenters. The first-order valence-electron chi connectivity index (χ1n) is 3.35. The molecule has 4 aliphatic carbocycles. The molecule has 0 aliphatic heterocycles. The van der Waals surface area contributed by atoms with Gasteiger partial charge in [0.1, 0.15) is 0 Å². The van der Waals surface area contributed by atoms with Crippen molar-refractivity contribution in [1.29, 1.82) is 0 Å². The smallest absolute Gasteiger partial charge is 0.00463 e. The zero-order valence-corrected chi connectivity index (χ0v) is 4.67. The molecule has 1 saturated carbocycles. The van der Waals surface area contributed by atoms with Crippen molar-refractivity contribution in [2.45, 2.75) is 6.42 Å². The molecule has 1 unspecified atom stereocenters. The average molecular weight is 104 g/mol. The van der Waals surface area contributed by atoms with Crippen LogP contribution in [0.2, 0.25) is 0 Å². The largest absolute Gasteiger partial charge is 0.0810 e. The van der Waals surface area contributed by atoms with E-state index in [0.717, 1.165) is 17.8 Å². The van der Waals surface area contributed by atoms with Gasteiger partial charge in [0, 0.05) is 5.92 Å². The van der Waals surface area contributed by atoms with Gasteiger partial charge >= 0.3 is 0 Å². The predicted octanol–water partition coefficient (Wildman–Crippen LogP) is 1.75. The topological polar surface area (TPSA) is 0 Å². The summed E-state index contributed by atoms with van der Waals surface area (Å²) in [5.74, 6) is 2.78. The number of allylic oxidation sites excluding steroid dienone is 4. The lowest BCUT2D eigenvalue weighted by molar-refractivity contribution is 0.613. The van der Waals surface area contributed by atoms with Gasteiger partial charge in [-0.25, -0.2) is 0 Å². The van der Waals surface area contributed by atoms with E-state index in [1.165, 1.54) is 6.42 Å². The Labute approximate surface area is 48.9 Å².